The number of nitrogens with zero attached hydrogens (tertiary/aromatic N) is 2. The second kappa shape index (κ2) is 5.72. The van der Waals surface area contributed by atoms with E-state index in [1.54, 1.807) is 6.07 Å². The molecule has 1 aromatic heterocycles. The summed E-state index contributed by atoms with van der Waals surface area (Å²) in [5.74, 6) is -0.138. The van der Waals surface area contributed by atoms with E-state index in [2.05, 4.69) is 17.3 Å². The summed E-state index contributed by atoms with van der Waals surface area (Å²) >= 11 is 5.92. The van der Waals surface area contributed by atoms with Gasteiger partial charge in [-0.05, 0) is 56.9 Å². The molecule has 0 saturated heterocycles. The van der Waals surface area contributed by atoms with Gasteiger partial charge in [-0.3, -0.25) is 9.48 Å². The van der Waals surface area contributed by atoms with Gasteiger partial charge < -0.3 is 5.32 Å². The van der Waals surface area contributed by atoms with Gasteiger partial charge in [0.2, 0.25) is 0 Å². The second-order valence-electron chi connectivity index (χ2n) is 5.77. The summed E-state index contributed by atoms with van der Waals surface area (Å²) in [6, 6.07) is 5.91. The summed E-state index contributed by atoms with van der Waals surface area (Å²) in [4.78, 5) is 12.3. The van der Waals surface area contributed by atoms with E-state index in [9.17, 15) is 9.18 Å². The Balaban J connectivity index is 1.78. The number of carbonyl (C=O) groups is 1. The van der Waals surface area contributed by atoms with E-state index < -0.39 is 5.82 Å². The fourth-order valence-electron chi connectivity index (χ4n) is 2.57. The zero-order chi connectivity index (χ0) is 15.9. The summed E-state index contributed by atoms with van der Waals surface area (Å²) in [7, 11) is 0. The molecule has 1 saturated carbocycles. The average molecular weight is 322 g/mol. The highest BCUT2D eigenvalue weighted by atomic mass is 35.5. The van der Waals surface area contributed by atoms with Crippen LogP contribution in [0.3, 0.4) is 0 Å². The van der Waals surface area contributed by atoms with Gasteiger partial charge in [-0.25, -0.2) is 4.39 Å². The van der Waals surface area contributed by atoms with Gasteiger partial charge in [-0.2, -0.15) is 5.10 Å². The molecule has 1 unspecified atom stereocenters. The highest BCUT2D eigenvalue weighted by Gasteiger charge is 2.31. The SMILES string of the molecule is Cc1cc(C(=O)Nc2ccc(F)cc2Cl)nn1C(C)C1CC1. The quantitative estimate of drug-likeness (QED) is 0.917. The van der Waals surface area contributed by atoms with Crippen LogP contribution in [-0.4, -0.2) is 15.7 Å². The normalized spacial score (nSPS) is 15.6. The van der Waals surface area contributed by atoms with Crippen molar-refractivity contribution < 1.29 is 9.18 Å². The summed E-state index contributed by atoms with van der Waals surface area (Å²) in [6.45, 7) is 4.06. The van der Waals surface area contributed by atoms with E-state index in [1.165, 1.54) is 25.0 Å². The number of rotatable bonds is 4. The van der Waals surface area contributed by atoms with Crippen molar-refractivity contribution in [3.05, 3.63) is 46.5 Å². The van der Waals surface area contributed by atoms with E-state index in [0.717, 1.165) is 11.8 Å². The highest BCUT2D eigenvalue weighted by Crippen LogP contribution is 2.39. The Kier molecular flexibility index (Phi) is 3.91. The lowest BCUT2D eigenvalue weighted by Gasteiger charge is -2.12. The molecule has 4 nitrogen and oxygen atoms in total. The van der Waals surface area contributed by atoms with Crippen molar-refractivity contribution in [3.63, 3.8) is 0 Å². The lowest BCUT2D eigenvalue weighted by atomic mass is 10.2. The molecule has 1 fully saturated rings. The minimum Gasteiger partial charge on any atom is -0.319 e. The zero-order valence-corrected chi connectivity index (χ0v) is 13.2. The van der Waals surface area contributed by atoms with Crippen molar-refractivity contribution >= 4 is 23.2 Å². The number of aryl methyl sites for hydroxylation is 1. The van der Waals surface area contributed by atoms with Crippen LogP contribution < -0.4 is 5.32 Å². The van der Waals surface area contributed by atoms with Gasteiger partial charge in [0.25, 0.3) is 5.91 Å². The van der Waals surface area contributed by atoms with E-state index in [0.29, 0.717) is 23.3 Å². The molecule has 0 radical (unpaired) electrons. The van der Waals surface area contributed by atoms with Crippen LogP contribution in [0.4, 0.5) is 10.1 Å². The van der Waals surface area contributed by atoms with Crippen LogP contribution in [0.15, 0.2) is 24.3 Å². The number of hydrogen-bond acceptors (Lipinski definition) is 2. The number of carbonyl (C=O) groups excluding carboxylic acids is 1. The Hall–Kier alpha value is -1.88. The Bertz CT molecular complexity index is 724. The molecule has 1 amide bonds. The number of nitrogens with one attached hydrogen (secondary N) is 1. The summed E-state index contributed by atoms with van der Waals surface area (Å²) in [5.41, 5.74) is 1.66. The number of hydrogen-bond donors (Lipinski definition) is 1. The van der Waals surface area contributed by atoms with Gasteiger partial charge in [-0.15, -0.1) is 0 Å². The molecule has 1 atom stereocenters. The van der Waals surface area contributed by atoms with Crippen molar-refractivity contribution in [1.29, 1.82) is 0 Å². The van der Waals surface area contributed by atoms with Crippen LogP contribution in [0.5, 0.6) is 0 Å². The van der Waals surface area contributed by atoms with E-state index in [1.807, 2.05) is 11.6 Å². The maximum atomic E-state index is 13.0. The van der Waals surface area contributed by atoms with Crippen molar-refractivity contribution in [2.24, 2.45) is 5.92 Å². The molecule has 1 heterocycles. The third kappa shape index (κ3) is 2.99. The number of aromatic nitrogens is 2. The molecule has 0 aliphatic heterocycles. The van der Waals surface area contributed by atoms with Crippen molar-refractivity contribution in [3.8, 4) is 0 Å². The Morgan fingerprint density at radius 2 is 2.18 bits per heavy atom. The average Bonchev–Trinajstić information content (AvgIpc) is 3.24. The predicted octanol–water partition coefficient (Wildman–Crippen LogP) is 4.21. The molecule has 0 spiro atoms. The maximum absolute atomic E-state index is 13.0. The monoisotopic (exact) mass is 321 g/mol. The molecule has 3 rings (SSSR count). The summed E-state index contributed by atoms with van der Waals surface area (Å²) in [5, 5.41) is 7.23. The minimum atomic E-state index is -0.443. The van der Waals surface area contributed by atoms with Crippen LogP contribution in [0.25, 0.3) is 0 Å². The van der Waals surface area contributed by atoms with E-state index >= 15 is 0 Å². The second-order valence-corrected chi connectivity index (χ2v) is 6.18. The first-order valence-electron chi connectivity index (χ1n) is 7.28. The van der Waals surface area contributed by atoms with Crippen molar-refractivity contribution in [2.75, 3.05) is 5.32 Å². The Labute approximate surface area is 133 Å². The van der Waals surface area contributed by atoms with Crippen LogP contribution in [0, 0.1) is 18.7 Å². The number of anilines is 1. The largest absolute Gasteiger partial charge is 0.319 e. The van der Waals surface area contributed by atoms with Crippen LogP contribution >= 0.6 is 11.6 Å². The maximum Gasteiger partial charge on any atom is 0.276 e. The van der Waals surface area contributed by atoms with Crippen molar-refractivity contribution in [1.82, 2.24) is 9.78 Å². The number of amides is 1. The molecule has 2 aromatic rings. The Morgan fingerprint density at radius 1 is 1.45 bits per heavy atom. The molecule has 0 bridgehead atoms. The predicted molar refractivity (Wildman–Crippen MR) is 83.8 cm³/mol. The van der Waals surface area contributed by atoms with Gasteiger partial charge in [0, 0.05) is 5.69 Å². The molecule has 1 aliphatic carbocycles. The third-order valence-electron chi connectivity index (χ3n) is 4.02. The fourth-order valence-corrected chi connectivity index (χ4v) is 2.78. The van der Waals surface area contributed by atoms with Crippen LogP contribution in [-0.2, 0) is 0 Å². The molecule has 1 N–H and O–H groups in total. The minimum absolute atomic E-state index is 0.163. The van der Waals surface area contributed by atoms with Crippen LogP contribution in [0.1, 0.15) is 42.0 Å². The lowest BCUT2D eigenvalue weighted by molar-refractivity contribution is 0.102. The van der Waals surface area contributed by atoms with E-state index in [-0.39, 0.29) is 10.9 Å². The molecular weight excluding hydrogens is 305 g/mol. The molecule has 1 aromatic carbocycles. The van der Waals surface area contributed by atoms with Gasteiger partial charge >= 0.3 is 0 Å². The number of halogens is 2. The van der Waals surface area contributed by atoms with Crippen LogP contribution in [0.2, 0.25) is 5.02 Å². The Morgan fingerprint density at radius 3 is 2.82 bits per heavy atom. The van der Waals surface area contributed by atoms with Crippen molar-refractivity contribution in [2.45, 2.75) is 32.7 Å². The molecule has 116 valence electrons. The molecular formula is C16H17ClFN3O. The molecule has 22 heavy (non-hydrogen) atoms. The fraction of sp³-hybridized carbons (Fsp3) is 0.375. The molecule has 1 aliphatic rings. The van der Waals surface area contributed by atoms with Gasteiger partial charge in [0.15, 0.2) is 5.69 Å². The van der Waals surface area contributed by atoms with E-state index in [4.69, 9.17) is 11.6 Å². The third-order valence-corrected chi connectivity index (χ3v) is 4.34. The lowest BCUT2D eigenvalue weighted by Crippen LogP contribution is -2.15. The number of benzene rings is 1. The topological polar surface area (TPSA) is 46.9 Å². The summed E-state index contributed by atoms with van der Waals surface area (Å²) < 4.78 is 14.9. The first-order valence-corrected chi connectivity index (χ1v) is 7.66. The van der Waals surface area contributed by atoms with Gasteiger partial charge in [-0.1, -0.05) is 11.6 Å². The zero-order valence-electron chi connectivity index (χ0n) is 12.4. The first kappa shape index (κ1) is 15.0. The van der Waals surface area contributed by atoms with Gasteiger partial charge in [0.1, 0.15) is 5.82 Å². The first-order chi connectivity index (χ1) is 10.5. The molecule has 6 heteroatoms. The highest BCUT2D eigenvalue weighted by molar-refractivity contribution is 6.33. The standard InChI is InChI=1S/C16H17ClFN3O/c1-9-7-15(20-21(9)10(2)11-3-4-11)16(22)19-14-6-5-12(18)8-13(14)17/h5-8,10-11H,3-4H2,1-2H3,(H,19,22). The van der Waals surface area contributed by atoms with Gasteiger partial charge in [0.05, 0.1) is 16.8 Å². The smallest absolute Gasteiger partial charge is 0.276 e. The summed E-state index contributed by atoms with van der Waals surface area (Å²) in [6.07, 6.45) is 2.43.